The van der Waals surface area contributed by atoms with Crippen molar-refractivity contribution in [1.29, 1.82) is 0 Å². The molecule has 0 rings (SSSR count). The Labute approximate surface area is 80.4 Å². The van der Waals surface area contributed by atoms with Crippen molar-refractivity contribution in [3.8, 4) is 0 Å². The molecule has 0 saturated carbocycles. The highest BCUT2D eigenvalue weighted by atomic mass is 32.2. The Hall–Kier alpha value is -0.130. The zero-order valence-electron chi connectivity index (χ0n) is 8.45. The van der Waals surface area contributed by atoms with E-state index < -0.39 is 10.0 Å². The summed E-state index contributed by atoms with van der Waals surface area (Å²) in [7, 11) is -3.20. The third kappa shape index (κ3) is 6.98. The zero-order chi connectivity index (χ0) is 10.5. The van der Waals surface area contributed by atoms with E-state index in [1.807, 2.05) is 13.8 Å². The molecule has 0 amide bonds. The second-order valence-corrected chi connectivity index (χ2v) is 5.66. The maximum absolute atomic E-state index is 11.3. The normalized spacial score (nSPS) is 14.8. The Bertz CT molecular complexity index is 224. The van der Waals surface area contributed by atoms with Crippen LogP contribution in [0.3, 0.4) is 0 Å². The first kappa shape index (κ1) is 12.9. The fourth-order valence-electron chi connectivity index (χ4n) is 0.780. The maximum Gasteiger partial charge on any atom is 0.211 e. The molecule has 0 bridgehead atoms. The molecule has 13 heavy (non-hydrogen) atoms. The van der Waals surface area contributed by atoms with E-state index in [-0.39, 0.29) is 18.3 Å². The van der Waals surface area contributed by atoms with Gasteiger partial charge >= 0.3 is 0 Å². The molecule has 0 saturated heterocycles. The SMILES string of the molecule is CC(C)CNS(=O)(=O)CC(C)CO. The van der Waals surface area contributed by atoms with Gasteiger partial charge in [0.05, 0.1) is 5.75 Å². The van der Waals surface area contributed by atoms with E-state index in [2.05, 4.69) is 4.72 Å². The van der Waals surface area contributed by atoms with Crippen LogP contribution in [0.5, 0.6) is 0 Å². The average Bonchev–Trinajstić information content (AvgIpc) is 2.00. The van der Waals surface area contributed by atoms with E-state index in [0.29, 0.717) is 12.5 Å². The minimum atomic E-state index is -3.20. The van der Waals surface area contributed by atoms with Gasteiger partial charge in [-0.25, -0.2) is 13.1 Å². The fraction of sp³-hybridized carbons (Fsp3) is 1.00. The number of aliphatic hydroxyl groups excluding tert-OH is 1. The Balaban J connectivity index is 3.95. The largest absolute Gasteiger partial charge is 0.396 e. The van der Waals surface area contributed by atoms with Crippen molar-refractivity contribution in [3.05, 3.63) is 0 Å². The van der Waals surface area contributed by atoms with Crippen LogP contribution in [0.15, 0.2) is 0 Å². The third-order valence-corrected chi connectivity index (χ3v) is 3.14. The van der Waals surface area contributed by atoms with E-state index in [4.69, 9.17) is 5.11 Å². The molecule has 0 aromatic heterocycles. The molecule has 0 spiro atoms. The summed E-state index contributed by atoms with van der Waals surface area (Å²) in [6, 6.07) is 0. The lowest BCUT2D eigenvalue weighted by Crippen LogP contribution is -2.32. The van der Waals surface area contributed by atoms with Crippen LogP contribution in [0.1, 0.15) is 20.8 Å². The van der Waals surface area contributed by atoms with Crippen molar-refractivity contribution < 1.29 is 13.5 Å². The summed E-state index contributed by atoms with van der Waals surface area (Å²) >= 11 is 0. The van der Waals surface area contributed by atoms with Crippen molar-refractivity contribution in [2.24, 2.45) is 11.8 Å². The van der Waals surface area contributed by atoms with Crippen LogP contribution in [-0.4, -0.2) is 32.4 Å². The first-order valence-electron chi connectivity index (χ1n) is 4.45. The van der Waals surface area contributed by atoms with Gasteiger partial charge in [0.15, 0.2) is 0 Å². The van der Waals surface area contributed by atoms with Crippen LogP contribution >= 0.6 is 0 Å². The molecule has 0 radical (unpaired) electrons. The van der Waals surface area contributed by atoms with Gasteiger partial charge in [0.1, 0.15) is 0 Å². The molecule has 0 aliphatic carbocycles. The molecular weight excluding hydrogens is 190 g/mol. The first-order chi connectivity index (χ1) is 5.87. The lowest BCUT2D eigenvalue weighted by molar-refractivity contribution is 0.249. The number of rotatable bonds is 6. The second kappa shape index (κ2) is 5.57. The summed E-state index contributed by atoms with van der Waals surface area (Å²) in [6.45, 7) is 5.95. The Morgan fingerprint density at radius 2 is 1.85 bits per heavy atom. The summed E-state index contributed by atoms with van der Waals surface area (Å²) in [5.41, 5.74) is 0. The average molecular weight is 209 g/mol. The summed E-state index contributed by atoms with van der Waals surface area (Å²) in [5, 5.41) is 8.68. The minimum Gasteiger partial charge on any atom is -0.396 e. The monoisotopic (exact) mass is 209 g/mol. The van der Waals surface area contributed by atoms with Gasteiger partial charge in [-0.1, -0.05) is 20.8 Å². The van der Waals surface area contributed by atoms with E-state index in [1.165, 1.54) is 0 Å². The highest BCUT2D eigenvalue weighted by molar-refractivity contribution is 7.89. The summed E-state index contributed by atoms with van der Waals surface area (Å²) in [5.74, 6) is 0.0971. The van der Waals surface area contributed by atoms with Crippen molar-refractivity contribution in [2.75, 3.05) is 18.9 Å². The molecule has 2 N–H and O–H groups in total. The van der Waals surface area contributed by atoms with Gasteiger partial charge in [0, 0.05) is 13.2 Å². The lowest BCUT2D eigenvalue weighted by atomic mass is 10.2. The zero-order valence-corrected chi connectivity index (χ0v) is 9.26. The lowest BCUT2D eigenvalue weighted by Gasteiger charge is -2.11. The number of sulfonamides is 1. The summed E-state index contributed by atoms with van der Waals surface area (Å²) in [6.07, 6.45) is 0. The smallest absolute Gasteiger partial charge is 0.211 e. The standard InChI is InChI=1S/C8H19NO3S/c1-7(2)4-9-13(11,12)6-8(3)5-10/h7-10H,4-6H2,1-3H3. The molecule has 0 aliphatic heterocycles. The fourth-order valence-corrected chi connectivity index (χ4v) is 2.34. The minimum absolute atomic E-state index is 0.00375. The molecule has 0 heterocycles. The predicted octanol–water partition coefficient (Wildman–Crippen LogP) is 0.190. The van der Waals surface area contributed by atoms with Crippen molar-refractivity contribution in [1.82, 2.24) is 4.72 Å². The molecule has 0 aliphatic rings. The molecule has 80 valence electrons. The van der Waals surface area contributed by atoms with Crippen molar-refractivity contribution >= 4 is 10.0 Å². The third-order valence-electron chi connectivity index (χ3n) is 1.53. The highest BCUT2D eigenvalue weighted by Gasteiger charge is 2.14. The number of aliphatic hydroxyl groups is 1. The molecule has 0 aromatic rings. The van der Waals surface area contributed by atoms with E-state index in [9.17, 15) is 8.42 Å². The number of hydrogen-bond donors (Lipinski definition) is 2. The second-order valence-electron chi connectivity index (χ2n) is 3.81. The molecule has 0 aromatic carbocycles. The summed E-state index contributed by atoms with van der Waals surface area (Å²) in [4.78, 5) is 0. The predicted molar refractivity (Wildman–Crippen MR) is 52.9 cm³/mol. The van der Waals surface area contributed by atoms with Gasteiger partial charge < -0.3 is 5.11 Å². The van der Waals surface area contributed by atoms with Gasteiger partial charge in [0.25, 0.3) is 0 Å². The Morgan fingerprint density at radius 3 is 2.23 bits per heavy atom. The quantitative estimate of drug-likeness (QED) is 0.656. The van der Waals surface area contributed by atoms with Crippen LogP contribution in [-0.2, 0) is 10.0 Å². The van der Waals surface area contributed by atoms with Gasteiger partial charge in [-0.3, -0.25) is 0 Å². The van der Waals surface area contributed by atoms with Gasteiger partial charge in [-0.2, -0.15) is 0 Å². The Kier molecular flexibility index (Phi) is 5.51. The van der Waals surface area contributed by atoms with E-state index in [1.54, 1.807) is 6.92 Å². The topological polar surface area (TPSA) is 66.4 Å². The van der Waals surface area contributed by atoms with Gasteiger partial charge in [-0.05, 0) is 11.8 Å². The number of hydrogen-bond acceptors (Lipinski definition) is 3. The van der Waals surface area contributed by atoms with Gasteiger partial charge in [-0.15, -0.1) is 0 Å². The summed E-state index contributed by atoms with van der Waals surface area (Å²) < 4.78 is 25.0. The molecule has 0 fully saturated rings. The van der Waals surface area contributed by atoms with E-state index in [0.717, 1.165) is 0 Å². The molecule has 4 nitrogen and oxygen atoms in total. The first-order valence-corrected chi connectivity index (χ1v) is 6.10. The van der Waals surface area contributed by atoms with E-state index >= 15 is 0 Å². The van der Waals surface area contributed by atoms with Crippen molar-refractivity contribution in [2.45, 2.75) is 20.8 Å². The van der Waals surface area contributed by atoms with Crippen molar-refractivity contribution in [3.63, 3.8) is 0 Å². The molecular formula is C8H19NO3S. The molecule has 5 heteroatoms. The van der Waals surface area contributed by atoms with Crippen LogP contribution in [0, 0.1) is 11.8 Å². The van der Waals surface area contributed by atoms with Gasteiger partial charge in [0.2, 0.25) is 10.0 Å². The van der Waals surface area contributed by atoms with Crippen LogP contribution in [0.25, 0.3) is 0 Å². The van der Waals surface area contributed by atoms with Crippen LogP contribution in [0.4, 0.5) is 0 Å². The highest BCUT2D eigenvalue weighted by Crippen LogP contribution is 1.99. The maximum atomic E-state index is 11.3. The number of nitrogens with one attached hydrogen (secondary N) is 1. The van der Waals surface area contributed by atoms with Crippen LogP contribution in [0.2, 0.25) is 0 Å². The molecule has 1 unspecified atom stereocenters. The Morgan fingerprint density at radius 1 is 1.31 bits per heavy atom. The van der Waals surface area contributed by atoms with Crippen LogP contribution < -0.4 is 4.72 Å². The molecule has 1 atom stereocenters.